The van der Waals surface area contributed by atoms with E-state index in [0.29, 0.717) is 28.1 Å². The maximum Gasteiger partial charge on any atom is 0.340 e. The molecule has 1 heterocycles. The highest BCUT2D eigenvalue weighted by atomic mass is 16.5. The third-order valence-electron chi connectivity index (χ3n) is 4.69. The summed E-state index contributed by atoms with van der Waals surface area (Å²) >= 11 is 0. The topological polar surface area (TPSA) is 107 Å². The number of H-pyrrole nitrogens is 1. The van der Waals surface area contributed by atoms with Crippen LogP contribution in [0.1, 0.15) is 70.9 Å². The third kappa shape index (κ3) is 6.10. The van der Waals surface area contributed by atoms with Gasteiger partial charge in [0, 0.05) is 5.69 Å². The summed E-state index contributed by atoms with van der Waals surface area (Å²) in [7, 11) is 1.54. The molecule has 1 aromatic carbocycles. The van der Waals surface area contributed by atoms with Crippen LogP contribution >= 0.6 is 0 Å². The van der Waals surface area contributed by atoms with Gasteiger partial charge in [0.05, 0.1) is 37.8 Å². The maximum atomic E-state index is 13.1. The van der Waals surface area contributed by atoms with E-state index in [-0.39, 0.29) is 24.8 Å². The van der Waals surface area contributed by atoms with E-state index in [9.17, 15) is 14.4 Å². The van der Waals surface area contributed by atoms with Gasteiger partial charge in [-0.05, 0) is 57.9 Å². The number of aromatic nitrogens is 1. The molecule has 1 amide bonds. The zero-order valence-electron chi connectivity index (χ0n) is 18.8. The highest BCUT2D eigenvalue weighted by Gasteiger charge is 2.26. The summed E-state index contributed by atoms with van der Waals surface area (Å²) in [5, 5.41) is 2.87. The van der Waals surface area contributed by atoms with Crippen molar-refractivity contribution in [3.05, 3.63) is 52.3 Å². The number of hydrogen-bond donors (Lipinski definition) is 2. The van der Waals surface area contributed by atoms with Crippen molar-refractivity contribution in [3.63, 3.8) is 0 Å². The predicted octanol–water partition coefficient (Wildman–Crippen LogP) is 3.63. The summed E-state index contributed by atoms with van der Waals surface area (Å²) in [6.45, 7) is 8.88. The number of carbonyl (C=O) groups is 3. The van der Waals surface area contributed by atoms with E-state index in [1.807, 2.05) is 0 Å². The Hall–Kier alpha value is -3.29. The van der Waals surface area contributed by atoms with Gasteiger partial charge in [-0.25, -0.2) is 4.79 Å². The molecule has 0 fully saturated rings. The molecule has 0 saturated carbocycles. The Kier molecular flexibility index (Phi) is 8.24. The molecule has 0 bridgehead atoms. The van der Waals surface area contributed by atoms with Crippen LogP contribution in [0.3, 0.4) is 0 Å². The first-order chi connectivity index (χ1) is 14.7. The molecule has 1 aromatic heterocycles. The van der Waals surface area contributed by atoms with Crippen LogP contribution in [-0.2, 0) is 14.3 Å². The first-order valence-corrected chi connectivity index (χ1v) is 10.2. The van der Waals surface area contributed by atoms with E-state index in [2.05, 4.69) is 10.3 Å². The van der Waals surface area contributed by atoms with E-state index in [0.717, 1.165) is 0 Å². The number of nitrogens with one attached hydrogen (secondary N) is 2. The molecule has 8 heteroatoms. The van der Waals surface area contributed by atoms with Crippen molar-refractivity contribution in [2.24, 2.45) is 0 Å². The van der Waals surface area contributed by atoms with Gasteiger partial charge in [-0.2, -0.15) is 0 Å². The molecule has 8 nitrogen and oxygen atoms in total. The summed E-state index contributed by atoms with van der Waals surface area (Å²) in [6, 6.07) is 6.46. The Morgan fingerprint density at radius 1 is 1.16 bits per heavy atom. The highest BCUT2D eigenvalue weighted by Crippen LogP contribution is 2.24. The molecule has 168 valence electrons. The summed E-state index contributed by atoms with van der Waals surface area (Å²) in [5.74, 6) is -0.764. The highest BCUT2D eigenvalue weighted by molar-refractivity contribution is 6.00. The maximum absolute atomic E-state index is 13.1. The number of methoxy groups -OCH3 is 1. The molecule has 2 rings (SSSR count). The van der Waals surface area contributed by atoms with Gasteiger partial charge in [0.25, 0.3) is 5.91 Å². The number of ether oxygens (including phenoxy) is 3. The molecule has 0 unspecified atom stereocenters. The van der Waals surface area contributed by atoms with Crippen LogP contribution in [0, 0.1) is 13.8 Å². The average molecular weight is 431 g/mol. The van der Waals surface area contributed by atoms with Crippen molar-refractivity contribution in [2.45, 2.75) is 53.2 Å². The van der Waals surface area contributed by atoms with E-state index >= 15 is 0 Å². The number of esters is 2. The first-order valence-electron chi connectivity index (χ1n) is 10.2. The molecule has 0 spiro atoms. The van der Waals surface area contributed by atoms with Crippen molar-refractivity contribution < 1.29 is 28.6 Å². The Labute approximate surface area is 182 Å². The smallest absolute Gasteiger partial charge is 0.340 e. The van der Waals surface area contributed by atoms with Crippen LogP contribution in [0.5, 0.6) is 5.75 Å². The summed E-state index contributed by atoms with van der Waals surface area (Å²) in [6.07, 6.45) is -0.325. The molecule has 0 aliphatic carbocycles. The van der Waals surface area contributed by atoms with Crippen LogP contribution in [0.15, 0.2) is 24.3 Å². The zero-order chi connectivity index (χ0) is 23.1. The van der Waals surface area contributed by atoms with Crippen LogP contribution in [-0.4, -0.2) is 42.7 Å². The first kappa shape index (κ1) is 24.0. The predicted molar refractivity (Wildman–Crippen MR) is 115 cm³/mol. The molecule has 0 aliphatic heterocycles. The minimum Gasteiger partial charge on any atom is -0.497 e. The van der Waals surface area contributed by atoms with Crippen molar-refractivity contribution in [2.75, 3.05) is 13.7 Å². The van der Waals surface area contributed by atoms with Crippen LogP contribution in [0.2, 0.25) is 0 Å². The molecule has 0 aliphatic rings. The summed E-state index contributed by atoms with van der Waals surface area (Å²) in [5.41, 5.74) is 2.30. The lowest BCUT2D eigenvalue weighted by Crippen LogP contribution is -2.31. The van der Waals surface area contributed by atoms with Crippen LogP contribution in [0.25, 0.3) is 0 Å². The second-order valence-corrected chi connectivity index (χ2v) is 7.39. The van der Waals surface area contributed by atoms with Gasteiger partial charge in [0.2, 0.25) is 0 Å². The van der Waals surface area contributed by atoms with Gasteiger partial charge in [-0.15, -0.1) is 0 Å². The lowest BCUT2D eigenvalue weighted by molar-refractivity contribution is -0.143. The molecule has 0 radical (unpaired) electrons. The molecule has 1 atom stereocenters. The number of amides is 1. The Morgan fingerprint density at radius 3 is 2.48 bits per heavy atom. The van der Waals surface area contributed by atoms with Crippen LogP contribution in [0.4, 0.5) is 0 Å². The number of aryl methyl sites for hydroxylation is 1. The van der Waals surface area contributed by atoms with Crippen LogP contribution < -0.4 is 10.1 Å². The van der Waals surface area contributed by atoms with Crippen molar-refractivity contribution in [1.82, 2.24) is 10.3 Å². The van der Waals surface area contributed by atoms with Gasteiger partial charge in [0.1, 0.15) is 11.4 Å². The fourth-order valence-corrected chi connectivity index (χ4v) is 3.28. The monoisotopic (exact) mass is 430 g/mol. The van der Waals surface area contributed by atoms with Crippen molar-refractivity contribution in [1.29, 1.82) is 0 Å². The molecule has 0 saturated heterocycles. The van der Waals surface area contributed by atoms with E-state index in [1.165, 1.54) is 0 Å². The number of hydrogen-bond acceptors (Lipinski definition) is 6. The Balaban J connectivity index is 2.33. The second-order valence-electron chi connectivity index (χ2n) is 7.39. The fraction of sp³-hybridized carbons (Fsp3) is 0.435. The second kappa shape index (κ2) is 10.7. The summed E-state index contributed by atoms with van der Waals surface area (Å²) in [4.78, 5) is 40.6. The number of aromatic amines is 1. The third-order valence-corrected chi connectivity index (χ3v) is 4.69. The van der Waals surface area contributed by atoms with E-state index in [1.54, 1.807) is 66.0 Å². The van der Waals surface area contributed by atoms with E-state index in [4.69, 9.17) is 14.2 Å². The molecular weight excluding hydrogens is 400 g/mol. The number of carbonyl (C=O) groups excluding carboxylic acids is 3. The number of rotatable bonds is 9. The normalized spacial score (nSPS) is 11.7. The molecule has 2 N–H and O–H groups in total. The van der Waals surface area contributed by atoms with Gasteiger partial charge < -0.3 is 24.5 Å². The quantitative estimate of drug-likeness (QED) is 0.589. The Bertz CT molecular complexity index is 948. The SMILES string of the molecule is CCOC(=O)C[C@@H](NC(=O)c1[nH]c(C)c(C(=O)OC(C)C)c1C)c1cccc(OC)c1. The van der Waals surface area contributed by atoms with Crippen molar-refractivity contribution >= 4 is 17.8 Å². The largest absolute Gasteiger partial charge is 0.497 e. The lowest BCUT2D eigenvalue weighted by Gasteiger charge is -2.19. The standard InChI is InChI=1S/C23H30N2O6/c1-7-30-19(26)12-18(16-9-8-10-17(11-16)29-6)25-22(27)21-14(4)20(15(5)24-21)23(28)31-13(2)3/h8-11,13,18,24H,7,12H2,1-6H3,(H,25,27)/t18-/m1/s1. The minimum atomic E-state index is -0.643. The Morgan fingerprint density at radius 2 is 1.87 bits per heavy atom. The summed E-state index contributed by atoms with van der Waals surface area (Å²) < 4.78 is 15.6. The minimum absolute atomic E-state index is 0.0479. The van der Waals surface area contributed by atoms with Gasteiger partial charge >= 0.3 is 11.9 Å². The molecule has 2 aromatic rings. The average Bonchev–Trinajstić information content (AvgIpc) is 3.01. The lowest BCUT2D eigenvalue weighted by atomic mass is 10.0. The fourth-order valence-electron chi connectivity index (χ4n) is 3.28. The number of benzene rings is 1. The van der Waals surface area contributed by atoms with Gasteiger partial charge in [-0.1, -0.05) is 12.1 Å². The van der Waals surface area contributed by atoms with Crippen molar-refractivity contribution in [3.8, 4) is 5.75 Å². The zero-order valence-corrected chi connectivity index (χ0v) is 18.8. The van der Waals surface area contributed by atoms with Gasteiger partial charge in [0.15, 0.2) is 0 Å². The molecular formula is C23H30N2O6. The van der Waals surface area contributed by atoms with Gasteiger partial charge in [-0.3, -0.25) is 9.59 Å². The van der Waals surface area contributed by atoms with E-state index < -0.39 is 23.9 Å². The molecule has 31 heavy (non-hydrogen) atoms.